The van der Waals surface area contributed by atoms with Gasteiger partial charge in [0, 0.05) is 33.9 Å². The van der Waals surface area contributed by atoms with Gasteiger partial charge in [-0.25, -0.2) is 0 Å². The first kappa shape index (κ1) is 13.8. The van der Waals surface area contributed by atoms with E-state index < -0.39 is 0 Å². The van der Waals surface area contributed by atoms with Crippen LogP contribution in [0.4, 0.5) is 0 Å². The summed E-state index contributed by atoms with van der Waals surface area (Å²) < 4.78 is 15.4. The number of ether oxygens (including phenoxy) is 3. The predicted molar refractivity (Wildman–Crippen MR) is 56.6 cm³/mol. The summed E-state index contributed by atoms with van der Waals surface area (Å²) in [6.07, 6.45) is 0.307. The minimum absolute atomic E-state index is 0.103. The zero-order valence-corrected chi connectivity index (χ0v) is 9.87. The Labute approximate surface area is 86.9 Å². The molecule has 14 heavy (non-hydrogen) atoms. The minimum Gasteiger partial charge on any atom is -0.382 e. The van der Waals surface area contributed by atoms with Gasteiger partial charge in [-0.05, 0) is 13.8 Å². The second kappa shape index (κ2) is 8.17. The van der Waals surface area contributed by atoms with Gasteiger partial charge in [0.2, 0.25) is 0 Å². The van der Waals surface area contributed by atoms with Crippen LogP contribution in [0.5, 0.6) is 0 Å². The molecule has 0 aliphatic heterocycles. The van der Waals surface area contributed by atoms with E-state index in [2.05, 4.69) is 12.2 Å². The fraction of sp³-hybridized carbons (Fsp3) is 1.00. The van der Waals surface area contributed by atoms with E-state index in [-0.39, 0.29) is 12.2 Å². The van der Waals surface area contributed by atoms with Crippen LogP contribution in [0.3, 0.4) is 0 Å². The van der Waals surface area contributed by atoms with Gasteiger partial charge in [0.25, 0.3) is 0 Å². The molecular formula is C10H23NO3. The lowest BCUT2D eigenvalue weighted by Gasteiger charge is -2.22. The monoisotopic (exact) mass is 205 g/mol. The van der Waals surface area contributed by atoms with Crippen LogP contribution in [0.1, 0.15) is 13.8 Å². The highest BCUT2D eigenvalue weighted by Gasteiger charge is 2.13. The molecule has 0 spiro atoms. The van der Waals surface area contributed by atoms with Crippen molar-refractivity contribution in [3.8, 4) is 0 Å². The van der Waals surface area contributed by atoms with Crippen molar-refractivity contribution in [2.45, 2.75) is 32.1 Å². The van der Waals surface area contributed by atoms with Crippen LogP contribution in [0, 0.1) is 0 Å². The molecule has 0 saturated carbocycles. The van der Waals surface area contributed by atoms with Crippen LogP contribution in [-0.4, -0.2) is 52.7 Å². The van der Waals surface area contributed by atoms with E-state index in [4.69, 9.17) is 14.2 Å². The highest BCUT2D eigenvalue weighted by atomic mass is 16.5. The van der Waals surface area contributed by atoms with Gasteiger partial charge >= 0.3 is 0 Å². The molecule has 0 aromatic rings. The van der Waals surface area contributed by atoms with Crippen molar-refractivity contribution in [2.75, 3.05) is 34.5 Å². The van der Waals surface area contributed by atoms with Crippen molar-refractivity contribution in [3.05, 3.63) is 0 Å². The first-order valence-corrected chi connectivity index (χ1v) is 4.93. The maximum Gasteiger partial charge on any atom is 0.0928 e. The van der Waals surface area contributed by atoms with Crippen LogP contribution < -0.4 is 5.32 Å². The molecule has 0 aromatic heterocycles. The van der Waals surface area contributed by atoms with Gasteiger partial charge in [-0.3, -0.25) is 0 Å². The second-order valence-corrected chi connectivity index (χ2v) is 3.45. The third kappa shape index (κ3) is 5.54. The zero-order chi connectivity index (χ0) is 11.0. The number of hydrogen-bond donors (Lipinski definition) is 1. The molecule has 0 rings (SSSR count). The fourth-order valence-corrected chi connectivity index (χ4v) is 1.08. The van der Waals surface area contributed by atoms with Gasteiger partial charge in [-0.1, -0.05) is 0 Å². The lowest BCUT2D eigenvalue weighted by molar-refractivity contribution is 0.0213. The molecule has 0 aromatic carbocycles. The largest absolute Gasteiger partial charge is 0.382 e. The summed E-state index contributed by atoms with van der Waals surface area (Å²) in [5.41, 5.74) is 0. The first-order valence-electron chi connectivity index (χ1n) is 4.93. The van der Waals surface area contributed by atoms with E-state index in [0.717, 1.165) is 6.54 Å². The van der Waals surface area contributed by atoms with Gasteiger partial charge in [-0.15, -0.1) is 0 Å². The molecule has 0 fully saturated rings. The Balaban J connectivity index is 3.67. The third-order valence-corrected chi connectivity index (χ3v) is 2.43. The van der Waals surface area contributed by atoms with Gasteiger partial charge in [0.05, 0.1) is 18.8 Å². The highest BCUT2D eigenvalue weighted by Crippen LogP contribution is 1.97. The Kier molecular flexibility index (Phi) is 8.08. The van der Waals surface area contributed by atoms with E-state index in [9.17, 15) is 0 Å². The smallest absolute Gasteiger partial charge is 0.0928 e. The predicted octanol–water partition coefficient (Wildman–Crippen LogP) is 0.661. The van der Waals surface area contributed by atoms with Gasteiger partial charge in [0.15, 0.2) is 0 Å². The molecular weight excluding hydrogens is 182 g/mol. The minimum atomic E-state index is 0.103. The molecule has 0 amide bonds. The average Bonchev–Trinajstić information content (AvgIpc) is 2.22. The molecule has 0 saturated heterocycles. The van der Waals surface area contributed by atoms with E-state index in [1.807, 2.05) is 6.92 Å². The lowest BCUT2D eigenvalue weighted by Crippen LogP contribution is -2.42. The molecule has 0 bridgehead atoms. The molecule has 0 aliphatic carbocycles. The Morgan fingerprint density at radius 3 is 2.14 bits per heavy atom. The quantitative estimate of drug-likeness (QED) is 0.632. The van der Waals surface area contributed by atoms with Crippen LogP contribution in [-0.2, 0) is 14.2 Å². The Morgan fingerprint density at radius 2 is 1.71 bits per heavy atom. The second-order valence-electron chi connectivity index (χ2n) is 3.45. The van der Waals surface area contributed by atoms with Gasteiger partial charge in [-0.2, -0.15) is 0 Å². The van der Waals surface area contributed by atoms with Crippen molar-refractivity contribution >= 4 is 0 Å². The zero-order valence-electron chi connectivity index (χ0n) is 9.87. The topological polar surface area (TPSA) is 39.7 Å². The van der Waals surface area contributed by atoms with Crippen molar-refractivity contribution in [1.82, 2.24) is 5.32 Å². The lowest BCUT2D eigenvalue weighted by atomic mass is 10.2. The summed E-state index contributed by atoms with van der Waals surface area (Å²) >= 11 is 0. The average molecular weight is 205 g/mol. The molecule has 1 N–H and O–H groups in total. The number of methoxy groups -OCH3 is 3. The van der Waals surface area contributed by atoms with E-state index in [1.165, 1.54) is 0 Å². The van der Waals surface area contributed by atoms with Gasteiger partial charge < -0.3 is 19.5 Å². The van der Waals surface area contributed by atoms with Crippen LogP contribution >= 0.6 is 0 Å². The van der Waals surface area contributed by atoms with Gasteiger partial charge in [0.1, 0.15) is 0 Å². The number of rotatable bonds is 8. The van der Waals surface area contributed by atoms with E-state index >= 15 is 0 Å². The third-order valence-electron chi connectivity index (χ3n) is 2.43. The molecule has 0 heterocycles. The molecule has 4 heteroatoms. The maximum atomic E-state index is 5.23. The summed E-state index contributed by atoms with van der Waals surface area (Å²) in [7, 11) is 5.08. The maximum absolute atomic E-state index is 5.23. The summed E-state index contributed by atoms with van der Waals surface area (Å²) in [4.78, 5) is 0. The van der Waals surface area contributed by atoms with Crippen molar-refractivity contribution in [1.29, 1.82) is 0 Å². The normalized spacial score (nSPS) is 17.8. The van der Waals surface area contributed by atoms with E-state index in [1.54, 1.807) is 21.3 Å². The molecule has 0 aliphatic rings. The molecule has 0 radical (unpaired) electrons. The number of nitrogens with one attached hydrogen (secondary N) is 1. The van der Waals surface area contributed by atoms with Crippen LogP contribution in [0.2, 0.25) is 0 Å². The van der Waals surface area contributed by atoms with Crippen molar-refractivity contribution in [3.63, 3.8) is 0 Å². The Hall–Kier alpha value is -0.160. The molecule has 86 valence electrons. The fourth-order valence-electron chi connectivity index (χ4n) is 1.08. The van der Waals surface area contributed by atoms with Crippen LogP contribution in [0.25, 0.3) is 0 Å². The molecule has 3 atom stereocenters. The molecule has 3 unspecified atom stereocenters. The summed E-state index contributed by atoms with van der Waals surface area (Å²) in [5.74, 6) is 0. The van der Waals surface area contributed by atoms with Crippen LogP contribution in [0.15, 0.2) is 0 Å². The number of hydrogen-bond acceptors (Lipinski definition) is 4. The SMILES string of the molecule is COCC(CNC(C)C(C)OC)OC. The summed E-state index contributed by atoms with van der Waals surface area (Å²) in [6.45, 7) is 5.51. The van der Waals surface area contributed by atoms with E-state index in [0.29, 0.717) is 12.6 Å². The highest BCUT2D eigenvalue weighted by molar-refractivity contribution is 4.70. The van der Waals surface area contributed by atoms with Crippen molar-refractivity contribution < 1.29 is 14.2 Å². The Morgan fingerprint density at radius 1 is 1.07 bits per heavy atom. The summed E-state index contributed by atoms with van der Waals surface area (Å²) in [6, 6.07) is 0.314. The molecule has 4 nitrogen and oxygen atoms in total. The first-order chi connectivity index (χ1) is 6.65. The van der Waals surface area contributed by atoms with Crippen molar-refractivity contribution in [2.24, 2.45) is 0 Å². The summed E-state index contributed by atoms with van der Waals surface area (Å²) in [5, 5.41) is 3.34. The Bertz CT molecular complexity index is 131. The standard InChI is InChI=1S/C10H23NO3/c1-8(9(2)13-4)11-6-10(14-5)7-12-3/h8-11H,6-7H2,1-5H3.